The number of thiocarbonyl (C=S) groups is 1. The van der Waals surface area contributed by atoms with Crippen LogP contribution in [0.5, 0.6) is 0 Å². The van der Waals surface area contributed by atoms with E-state index in [1.54, 1.807) is 4.68 Å². The van der Waals surface area contributed by atoms with Gasteiger partial charge in [0.15, 0.2) is 0 Å². The second kappa shape index (κ2) is 4.85. The molecule has 0 saturated heterocycles. The van der Waals surface area contributed by atoms with E-state index in [9.17, 15) is 0 Å². The maximum absolute atomic E-state index is 6.29. The van der Waals surface area contributed by atoms with Gasteiger partial charge in [-0.05, 0) is 19.1 Å². The van der Waals surface area contributed by atoms with Gasteiger partial charge in [-0.1, -0.05) is 42.0 Å². The van der Waals surface area contributed by atoms with Gasteiger partial charge in [0, 0.05) is 12.0 Å². The lowest BCUT2D eigenvalue weighted by Gasteiger charge is -2.02. The summed E-state index contributed by atoms with van der Waals surface area (Å²) >= 11 is 11.2. The van der Waals surface area contributed by atoms with Crippen molar-refractivity contribution in [2.24, 2.45) is 5.73 Å². The van der Waals surface area contributed by atoms with Gasteiger partial charge >= 0.3 is 0 Å². The van der Waals surface area contributed by atoms with Crippen LogP contribution < -0.4 is 5.73 Å². The molecule has 0 unspecified atom stereocenters. The van der Waals surface area contributed by atoms with Gasteiger partial charge in [-0.3, -0.25) is 0 Å². The van der Waals surface area contributed by atoms with E-state index < -0.39 is 0 Å². The smallest absolute Gasteiger partial charge is 0.136 e. The van der Waals surface area contributed by atoms with Gasteiger partial charge in [0.2, 0.25) is 0 Å². The first-order valence-corrected chi connectivity index (χ1v) is 5.96. The van der Waals surface area contributed by atoms with Gasteiger partial charge in [-0.2, -0.15) is 5.10 Å². The molecule has 0 bridgehead atoms. The lowest BCUT2D eigenvalue weighted by atomic mass is 10.2. The molecule has 0 atom stereocenters. The number of halogens is 1. The van der Waals surface area contributed by atoms with Crippen LogP contribution in [0.2, 0.25) is 5.15 Å². The van der Waals surface area contributed by atoms with Crippen molar-refractivity contribution in [2.75, 3.05) is 0 Å². The van der Waals surface area contributed by atoms with Crippen molar-refractivity contribution < 1.29 is 0 Å². The van der Waals surface area contributed by atoms with Crippen LogP contribution in [-0.4, -0.2) is 14.8 Å². The fourth-order valence-corrected chi connectivity index (χ4v) is 2.13. The van der Waals surface area contributed by atoms with Crippen LogP contribution >= 0.6 is 23.8 Å². The molecule has 3 nitrogen and oxygen atoms in total. The third-order valence-electron chi connectivity index (χ3n) is 2.47. The standard InChI is InChI=1S/C12H12ClN3S/c1-8-10(7-11(14)17)12(13)16(15-8)9-5-3-2-4-6-9/h2-6H,7H2,1H3,(H2,14,17). The van der Waals surface area contributed by atoms with Gasteiger partial charge in [0.25, 0.3) is 0 Å². The zero-order valence-electron chi connectivity index (χ0n) is 9.35. The number of para-hydroxylation sites is 1. The van der Waals surface area contributed by atoms with Crippen molar-refractivity contribution in [1.29, 1.82) is 0 Å². The Bertz CT molecular complexity index is 548. The molecule has 0 aliphatic rings. The highest BCUT2D eigenvalue weighted by molar-refractivity contribution is 7.80. The fraction of sp³-hybridized carbons (Fsp3) is 0.167. The minimum absolute atomic E-state index is 0.419. The Balaban J connectivity index is 2.48. The quantitative estimate of drug-likeness (QED) is 0.868. The number of nitrogens with zero attached hydrogens (tertiary/aromatic N) is 2. The summed E-state index contributed by atoms with van der Waals surface area (Å²) in [5.41, 5.74) is 8.22. The van der Waals surface area contributed by atoms with Crippen LogP contribution in [0.1, 0.15) is 11.3 Å². The van der Waals surface area contributed by atoms with Crippen molar-refractivity contribution in [3.8, 4) is 5.69 Å². The van der Waals surface area contributed by atoms with Crippen LogP contribution in [0.25, 0.3) is 5.69 Å². The number of hydrogen-bond donors (Lipinski definition) is 1. The number of aryl methyl sites for hydroxylation is 1. The van der Waals surface area contributed by atoms with Gasteiger partial charge < -0.3 is 5.73 Å². The van der Waals surface area contributed by atoms with Gasteiger partial charge in [-0.25, -0.2) is 4.68 Å². The van der Waals surface area contributed by atoms with Crippen LogP contribution in [0.3, 0.4) is 0 Å². The van der Waals surface area contributed by atoms with E-state index in [1.807, 2.05) is 37.3 Å². The largest absolute Gasteiger partial charge is 0.393 e. The molecule has 0 radical (unpaired) electrons. The molecule has 0 spiro atoms. The molecule has 17 heavy (non-hydrogen) atoms. The minimum atomic E-state index is 0.419. The third kappa shape index (κ3) is 2.48. The molecule has 88 valence electrons. The summed E-state index contributed by atoms with van der Waals surface area (Å²) in [6.07, 6.45) is 0.479. The van der Waals surface area contributed by atoms with Gasteiger partial charge in [0.1, 0.15) is 5.15 Å². The topological polar surface area (TPSA) is 43.8 Å². The molecule has 0 aliphatic heterocycles. The average molecular weight is 266 g/mol. The molecule has 0 saturated carbocycles. The van der Waals surface area contributed by atoms with Crippen LogP contribution in [0.4, 0.5) is 0 Å². The van der Waals surface area contributed by atoms with Crippen molar-refractivity contribution in [3.05, 3.63) is 46.7 Å². The van der Waals surface area contributed by atoms with Crippen molar-refractivity contribution >= 4 is 28.8 Å². The molecule has 5 heteroatoms. The first-order valence-electron chi connectivity index (χ1n) is 5.17. The first kappa shape index (κ1) is 12.1. The molecule has 1 aromatic carbocycles. The lowest BCUT2D eigenvalue weighted by molar-refractivity contribution is 0.863. The molecular formula is C12H12ClN3S. The molecule has 1 aromatic heterocycles. The molecule has 1 heterocycles. The molecule has 0 aliphatic carbocycles. The molecular weight excluding hydrogens is 254 g/mol. The Morgan fingerprint density at radius 2 is 2.06 bits per heavy atom. The summed E-state index contributed by atoms with van der Waals surface area (Å²) in [5, 5.41) is 4.97. The Morgan fingerprint density at radius 3 is 2.65 bits per heavy atom. The minimum Gasteiger partial charge on any atom is -0.393 e. The van der Waals surface area contributed by atoms with E-state index in [0.29, 0.717) is 16.6 Å². The van der Waals surface area contributed by atoms with E-state index in [0.717, 1.165) is 16.9 Å². The molecule has 2 N–H and O–H groups in total. The Hall–Kier alpha value is -1.39. The van der Waals surface area contributed by atoms with E-state index >= 15 is 0 Å². The first-order chi connectivity index (χ1) is 8.09. The zero-order valence-corrected chi connectivity index (χ0v) is 10.9. The highest BCUT2D eigenvalue weighted by Gasteiger charge is 2.14. The fourth-order valence-electron chi connectivity index (χ4n) is 1.65. The van der Waals surface area contributed by atoms with E-state index in [-0.39, 0.29) is 0 Å². The Labute approximate surface area is 110 Å². The predicted molar refractivity (Wildman–Crippen MR) is 73.8 cm³/mol. The summed E-state index contributed by atoms with van der Waals surface area (Å²) in [5.74, 6) is 0. The Kier molecular flexibility index (Phi) is 3.45. The molecule has 2 aromatic rings. The summed E-state index contributed by atoms with van der Waals surface area (Å²) in [6, 6.07) is 9.72. The highest BCUT2D eigenvalue weighted by atomic mass is 35.5. The second-order valence-electron chi connectivity index (χ2n) is 3.75. The number of nitrogens with two attached hydrogens (primary N) is 1. The molecule has 2 rings (SSSR count). The van der Waals surface area contributed by atoms with Crippen LogP contribution in [0, 0.1) is 6.92 Å². The van der Waals surface area contributed by atoms with Crippen molar-refractivity contribution in [2.45, 2.75) is 13.3 Å². The van der Waals surface area contributed by atoms with Gasteiger partial charge in [-0.15, -0.1) is 0 Å². The van der Waals surface area contributed by atoms with E-state index in [4.69, 9.17) is 29.6 Å². The number of hydrogen-bond acceptors (Lipinski definition) is 2. The number of rotatable bonds is 3. The number of benzene rings is 1. The summed E-state index contributed by atoms with van der Waals surface area (Å²) < 4.78 is 1.70. The summed E-state index contributed by atoms with van der Waals surface area (Å²) in [7, 11) is 0. The highest BCUT2D eigenvalue weighted by Crippen LogP contribution is 2.23. The third-order valence-corrected chi connectivity index (χ3v) is 3.01. The zero-order chi connectivity index (χ0) is 12.4. The average Bonchev–Trinajstić information content (AvgIpc) is 2.58. The van der Waals surface area contributed by atoms with Crippen molar-refractivity contribution in [3.63, 3.8) is 0 Å². The van der Waals surface area contributed by atoms with Crippen LogP contribution in [0.15, 0.2) is 30.3 Å². The lowest BCUT2D eigenvalue weighted by Crippen LogP contribution is -2.11. The number of aromatic nitrogens is 2. The van der Waals surface area contributed by atoms with Crippen LogP contribution in [-0.2, 0) is 6.42 Å². The summed E-state index contributed by atoms with van der Waals surface area (Å²) in [4.78, 5) is 0.419. The van der Waals surface area contributed by atoms with E-state index in [2.05, 4.69) is 5.10 Å². The maximum Gasteiger partial charge on any atom is 0.136 e. The molecule has 0 fully saturated rings. The Morgan fingerprint density at radius 1 is 1.41 bits per heavy atom. The van der Waals surface area contributed by atoms with E-state index in [1.165, 1.54) is 0 Å². The monoisotopic (exact) mass is 265 g/mol. The maximum atomic E-state index is 6.29. The normalized spacial score (nSPS) is 10.5. The second-order valence-corrected chi connectivity index (χ2v) is 4.63. The molecule has 0 amide bonds. The predicted octanol–water partition coefficient (Wildman–Crippen LogP) is 2.66. The van der Waals surface area contributed by atoms with Crippen molar-refractivity contribution in [1.82, 2.24) is 9.78 Å². The summed E-state index contributed by atoms with van der Waals surface area (Å²) in [6.45, 7) is 1.90. The SMILES string of the molecule is Cc1nn(-c2ccccc2)c(Cl)c1CC(N)=S. The van der Waals surface area contributed by atoms with Gasteiger partial charge in [0.05, 0.1) is 16.4 Å².